The zero-order valence-corrected chi connectivity index (χ0v) is 12.2. The molecule has 5 heteroatoms. The predicted octanol–water partition coefficient (Wildman–Crippen LogP) is 1.68. The van der Waals surface area contributed by atoms with Crippen LogP contribution in [0.4, 0.5) is 4.79 Å². The van der Waals surface area contributed by atoms with Gasteiger partial charge in [-0.25, -0.2) is 4.79 Å². The SMILES string of the molecule is CC(C)[C@@H](O)[C@](C)(O)CNC(=O)OCc1ccccc1. The number of carbonyl (C=O) groups is 1. The molecule has 0 saturated carbocycles. The van der Waals surface area contributed by atoms with Crippen molar-refractivity contribution in [3.8, 4) is 0 Å². The van der Waals surface area contributed by atoms with Crippen molar-refractivity contribution in [3.05, 3.63) is 35.9 Å². The molecule has 20 heavy (non-hydrogen) atoms. The molecular formula is C15H23NO4. The molecule has 3 N–H and O–H groups in total. The minimum atomic E-state index is -1.39. The van der Waals surface area contributed by atoms with E-state index in [9.17, 15) is 15.0 Å². The topological polar surface area (TPSA) is 78.8 Å². The van der Waals surface area contributed by atoms with Gasteiger partial charge in [-0.05, 0) is 18.4 Å². The molecule has 0 bridgehead atoms. The monoisotopic (exact) mass is 281 g/mol. The van der Waals surface area contributed by atoms with E-state index in [0.29, 0.717) is 0 Å². The molecule has 2 atom stereocenters. The summed E-state index contributed by atoms with van der Waals surface area (Å²) in [4.78, 5) is 11.5. The average molecular weight is 281 g/mol. The molecule has 0 unspecified atom stereocenters. The van der Waals surface area contributed by atoms with Crippen molar-refractivity contribution in [1.82, 2.24) is 5.32 Å². The number of ether oxygens (including phenoxy) is 1. The van der Waals surface area contributed by atoms with E-state index in [1.54, 1.807) is 13.8 Å². The maximum Gasteiger partial charge on any atom is 0.407 e. The summed E-state index contributed by atoms with van der Waals surface area (Å²) in [5, 5.41) is 22.4. The standard InChI is InChI=1S/C15H23NO4/c1-11(2)13(17)15(3,19)10-16-14(18)20-9-12-7-5-4-6-8-12/h4-8,11,13,17,19H,9-10H2,1-3H3,(H,16,18)/t13-,15-/m1/s1. The number of amides is 1. The van der Waals surface area contributed by atoms with E-state index >= 15 is 0 Å². The highest BCUT2D eigenvalue weighted by atomic mass is 16.5. The Morgan fingerprint density at radius 2 is 1.95 bits per heavy atom. The summed E-state index contributed by atoms with van der Waals surface area (Å²) in [6, 6.07) is 9.31. The lowest BCUT2D eigenvalue weighted by Gasteiger charge is -2.31. The summed E-state index contributed by atoms with van der Waals surface area (Å²) >= 11 is 0. The van der Waals surface area contributed by atoms with Crippen molar-refractivity contribution >= 4 is 6.09 Å². The van der Waals surface area contributed by atoms with Crippen LogP contribution >= 0.6 is 0 Å². The van der Waals surface area contributed by atoms with Crippen molar-refractivity contribution in [3.63, 3.8) is 0 Å². The molecule has 1 rings (SSSR count). The molecule has 5 nitrogen and oxygen atoms in total. The fourth-order valence-electron chi connectivity index (χ4n) is 1.85. The van der Waals surface area contributed by atoms with Crippen LogP contribution in [0.5, 0.6) is 0 Å². The summed E-state index contributed by atoms with van der Waals surface area (Å²) in [6.07, 6.45) is -1.54. The molecule has 0 heterocycles. The van der Waals surface area contributed by atoms with Crippen LogP contribution < -0.4 is 5.32 Å². The van der Waals surface area contributed by atoms with Gasteiger partial charge >= 0.3 is 6.09 Å². The minimum Gasteiger partial charge on any atom is -0.445 e. The van der Waals surface area contributed by atoms with Crippen LogP contribution in [-0.2, 0) is 11.3 Å². The largest absolute Gasteiger partial charge is 0.445 e. The Labute approximate surface area is 119 Å². The fourth-order valence-corrected chi connectivity index (χ4v) is 1.85. The van der Waals surface area contributed by atoms with Crippen LogP contribution in [0.3, 0.4) is 0 Å². The van der Waals surface area contributed by atoms with Gasteiger partial charge in [-0.1, -0.05) is 44.2 Å². The van der Waals surface area contributed by atoms with Crippen LogP contribution in [0, 0.1) is 5.92 Å². The zero-order valence-electron chi connectivity index (χ0n) is 12.2. The van der Waals surface area contributed by atoms with Gasteiger partial charge in [-0.2, -0.15) is 0 Å². The molecule has 1 amide bonds. The lowest BCUT2D eigenvalue weighted by atomic mass is 9.90. The smallest absolute Gasteiger partial charge is 0.407 e. The molecule has 112 valence electrons. The second-order valence-corrected chi connectivity index (χ2v) is 5.46. The van der Waals surface area contributed by atoms with E-state index in [4.69, 9.17) is 4.74 Å². The summed E-state index contributed by atoms with van der Waals surface area (Å²) in [5.74, 6) is -0.105. The number of alkyl carbamates (subject to hydrolysis) is 1. The maximum absolute atomic E-state index is 11.5. The molecular weight excluding hydrogens is 258 g/mol. The Bertz CT molecular complexity index is 417. The molecule has 0 saturated heterocycles. The number of aliphatic hydroxyl groups excluding tert-OH is 1. The van der Waals surface area contributed by atoms with Gasteiger partial charge in [0.25, 0.3) is 0 Å². The van der Waals surface area contributed by atoms with Gasteiger partial charge in [-0.15, -0.1) is 0 Å². The lowest BCUT2D eigenvalue weighted by molar-refractivity contribution is -0.0797. The van der Waals surface area contributed by atoms with Gasteiger partial charge in [0, 0.05) is 0 Å². The quantitative estimate of drug-likeness (QED) is 0.741. The average Bonchev–Trinajstić information content (AvgIpc) is 2.43. The first-order chi connectivity index (χ1) is 9.33. The third kappa shape index (κ3) is 5.19. The second-order valence-electron chi connectivity index (χ2n) is 5.46. The molecule has 0 radical (unpaired) electrons. The van der Waals surface area contributed by atoms with Gasteiger partial charge in [0.1, 0.15) is 12.2 Å². The number of nitrogens with one attached hydrogen (secondary N) is 1. The third-order valence-corrected chi connectivity index (χ3v) is 3.07. The number of rotatable bonds is 6. The molecule has 0 spiro atoms. The van der Waals surface area contributed by atoms with Crippen molar-refractivity contribution < 1.29 is 19.7 Å². The van der Waals surface area contributed by atoms with E-state index in [1.807, 2.05) is 30.3 Å². The van der Waals surface area contributed by atoms with Crippen LogP contribution in [0.15, 0.2) is 30.3 Å². The molecule has 1 aromatic carbocycles. The number of aliphatic hydroxyl groups is 2. The van der Waals surface area contributed by atoms with E-state index in [1.165, 1.54) is 6.92 Å². The van der Waals surface area contributed by atoms with Crippen molar-refractivity contribution in [2.75, 3.05) is 6.54 Å². The fraction of sp³-hybridized carbons (Fsp3) is 0.533. The molecule has 0 aliphatic rings. The Hall–Kier alpha value is -1.59. The first-order valence-electron chi connectivity index (χ1n) is 6.68. The number of hydrogen-bond donors (Lipinski definition) is 3. The van der Waals surface area contributed by atoms with Gasteiger partial charge < -0.3 is 20.3 Å². The van der Waals surface area contributed by atoms with E-state index in [2.05, 4.69) is 5.32 Å². The number of benzene rings is 1. The highest BCUT2D eigenvalue weighted by molar-refractivity contribution is 5.67. The molecule has 0 aliphatic carbocycles. The summed E-state index contributed by atoms with van der Waals surface area (Å²) in [5.41, 5.74) is -0.503. The van der Waals surface area contributed by atoms with Crippen molar-refractivity contribution in [2.24, 2.45) is 5.92 Å². The Morgan fingerprint density at radius 1 is 1.35 bits per heavy atom. The van der Waals surface area contributed by atoms with E-state index in [-0.39, 0.29) is 19.1 Å². The summed E-state index contributed by atoms with van der Waals surface area (Å²) < 4.78 is 5.02. The van der Waals surface area contributed by atoms with Crippen molar-refractivity contribution in [2.45, 2.75) is 39.1 Å². The van der Waals surface area contributed by atoms with Gasteiger partial charge in [0.05, 0.1) is 12.6 Å². The zero-order chi connectivity index (χ0) is 15.2. The predicted molar refractivity (Wildman–Crippen MR) is 76.1 cm³/mol. The van der Waals surface area contributed by atoms with Gasteiger partial charge in [-0.3, -0.25) is 0 Å². The summed E-state index contributed by atoms with van der Waals surface area (Å²) in [6.45, 7) is 5.18. The lowest BCUT2D eigenvalue weighted by Crippen LogP contribution is -2.51. The van der Waals surface area contributed by atoms with Gasteiger partial charge in [0.15, 0.2) is 0 Å². The van der Waals surface area contributed by atoms with Gasteiger partial charge in [0.2, 0.25) is 0 Å². The first kappa shape index (κ1) is 16.5. The van der Waals surface area contributed by atoms with Crippen molar-refractivity contribution in [1.29, 1.82) is 0 Å². The normalized spacial score (nSPS) is 15.5. The highest BCUT2D eigenvalue weighted by Crippen LogP contribution is 2.16. The Balaban J connectivity index is 2.36. The second kappa shape index (κ2) is 7.26. The molecule has 0 aromatic heterocycles. The third-order valence-electron chi connectivity index (χ3n) is 3.07. The Kier molecular flexibility index (Phi) is 5.98. The summed E-state index contributed by atoms with van der Waals surface area (Å²) in [7, 11) is 0. The van der Waals surface area contributed by atoms with Crippen LogP contribution in [0.25, 0.3) is 0 Å². The molecule has 0 aliphatic heterocycles. The first-order valence-corrected chi connectivity index (χ1v) is 6.68. The number of carbonyl (C=O) groups excluding carboxylic acids is 1. The maximum atomic E-state index is 11.5. The van der Waals surface area contributed by atoms with Crippen LogP contribution in [-0.4, -0.2) is 34.6 Å². The molecule has 0 fully saturated rings. The Morgan fingerprint density at radius 3 is 2.50 bits per heavy atom. The van der Waals surface area contributed by atoms with Crippen LogP contribution in [0.2, 0.25) is 0 Å². The highest BCUT2D eigenvalue weighted by Gasteiger charge is 2.33. The minimum absolute atomic E-state index is 0.0695. The number of hydrogen-bond acceptors (Lipinski definition) is 4. The van der Waals surface area contributed by atoms with E-state index in [0.717, 1.165) is 5.56 Å². The van der Waals surface area contributed by atoms with E-state index < -0.39 is 17.8 Å². The van der Waals surface area contributed by atoms with Crippen LogP contribution in [0.1, 0.15) is 26.3 Å². The molecule has 1 aromatic rings.